The molecule has 0 aliphatic heterocycles. The number of hydrogen-bond acceptors (Lipinski definition) is 6. The van der Waals surface area contributed by atoms with Gasteiger partial charge in [-0.2, -0.15) is 4.98 Å². The van der Waals surface area contributed by atoms with Crippen molar-refractivity contribution in [3.63, 3.8) is 0 Å². The highest BCUT2D eigenvalue weighted by molar-refractivity contribution is 8.00. The van der Waals surface area contributed by atoms with E-state index < -0.39 is 11.7 Å². The van der Waals surface area contributed by atoms with Gasteiger partial charge >= 0.3 is 11.7 Å². The summed E-state index contributed by atoms with van der Waals surface area (Å²) < 4.78 is 4.75. The number of aromatic nitrogens is 2. The van der Waals surface area contributed by atoms with E-state index in [1.807, 2.05) is 32.0 Å². The van der Waals surface area contributed by atoms with Crippen LogP contribution in [0.1, 0.15) is 41.0 Å². The second-order valence-electron chi connectivity index (χ2n) is 5.83. The van der Waals surface area contributed by atoms with E-state index in [1.54, 1.807) is 6.92 Å². The number of nitrogens with zero attached hydrogens (tertiary/aromatic N) is 1. The zero-order valence-electron chi connectivity index (χ0n) is 15.8. The number of carbonyl (C=O) groups is 2. The second-order valence-corrected chi connectivity index (χ2v) is 6.80. The highest BCUT2D eigenvalue weighted by Gasteiger charge is 2.20. The van der Waals surface area contributed by atoms with Gasteiger partial charge in [0.05, 0.1) is 12.9 Å². The molecule has 7 nitrogen and oxygen atoms in total. The third-order valence-corrected chi connectivity index (χ3v) is 5.05. The van der Waals surface area contributed by atoms with Crippen LogP contribution in [0.3, 0.4) is 0 Å². The molecule has 1 amide bonds. The molecule has 0 aliphatic carbocycles. The molecule has 2 aromatic rings. The van der Waals surface area contributed by atoms with Crippen LogP contribution < -0.4 is 11.0 Å². The first kappa shape index (κ1) is 20.7. The summed E-state index contributed by atoms with van der Waals surface area (Å²) in [7, 11) is 1.25. The van der Waals surface area contributed by atoms with E-state index >= 15 is 0 Å². The molecule has 27 heavy (non-hydrogen) atoms. The van der Waals surface area contributed by atoms with Crippen LogP contribution in [0.15, 0.2) is 28.0 Å². The number of aromatic amines is 1. The number of hydrogen-bond donors (Lipinski definition) is 2. The van der Waals surface area contributed by atoms with Crippen LogP contribution in [0, 0.1) is 6.92 Å². The first-order valence-electron chi connectivity index (χ1n) is 8.63. The van der Waals surface area contributed by atoms with Crippen molar-refractivity contribution in [2.75, 3.05) is 18.2 Å². The molecule has 0 bridgehead atoms. The minimum Gasteiger partial charge on any atom is -0.465 e. The molecule has 0 saturated heterocycles. The maximum atomic E-state index is 12.5. The second kappa shape index (κ2) is 9.36. The number of nitrogens with one attached hydrogen (secondary N) is 2. The van der Waals surface area contributed by atoms with Gasteiger partial charge in [0.2, 0.25) is 5.91 Å². The van der Waals surface area contributed by atoms with Crippen molar-refractivity contribution in [3.8, 4) is 0 Å². The van der Waals surface area contributed by atoms with Crippen molar-refractivity contribution in [2.45, 2.75) is 38.6 Å². The summed E-state index contributed by atoms with van der Waals surface area (Å²) in [5.74, 6) is -0.823. The van der Waals surface area contributed by atoms with Gasteiger partial charge in [-0.05, 0) is 30.9 Å². The van der Waals surface area contributed by atoms with E-state index in [0.717, 1.165) is 41.4 Å². The Kier molecular flexibility index (Phi) is 7.18. The Balaban J connectivity index is 2.20. The molecule has 0 spiro atoms. The normalized spacial score (nSPS) is 10.5. The number of aryl methyl sites for hydroxylation is 3. The van der Waals surface area contributed by atoms with Crippen LogP contribution >= 0.6 is 11.8 Å². The van der Waals surface area contributed by atoms with E-state index in [1.165, 1.54) is 7.11 Å². The summed E-state index contributed by atoms with van der Waals surface area (Å²) in [4.78, 5) is 42.4. The lowest BCUT2D eigenvalue weighted by atomic mass is 10.0. The number of methoxy groups -OCH3 is 1. The lowest BCUT2D eigenvalue weighted by Crippen LogP contribution is -2.21. The zero-order chi connectivity index (χ0) is 20.0. The molecule has 0 aliphatic rings. The van der Waals surface area contributed by atoms with E-state index in [0.29, 0.717) is 5.69 Å². The van der Waals surface area contributed by atoms with E-state index in [-0.39, 0.29) is 22.2 Å². The first-order chi connectivity index (χ1) is 12.9. The summed E-state index contributed by atoms with van der Waals surface area (Å²) in [6, 6.07) is 5.95. The van der Waals surface area contributed by atoms with Gasteiger partial charge in [-0.1, -0.05) is 43.8 Å². The Labute approximate surface area is 161 Å². The van der Waals surface area contributed by atoms with Gasteiger partial charge in [0.25, 0.3) is 0 Å². The van der Waals surface area contributed by atoms with Gasteiger partial charge in [-0.3, -0.25) is 4.79 Å². The predicted octanol–water partition coefficient (Wildman–Crippen LogP) is 2.72. The molecule has 0 fully saturated rings. The highest BCUT2D eigenvalue weighted by Crippen LogP contribution is 2.25. The first-order valence-corrected chi connectivity index (χ1v) is 9.62. The van der Waals surface area contributed by atoms with Crippen LogP contribution in [-0.4, -0.2) is 34.7 Å². The highest BCUT2D eigenvalue weighted by atomic mass is 32.2. The number of ether oxygens (including phenoxy) is 1. The van der Waals surface area contributed by atoms with Gasteiger partial charge in [0, 0.05) is 11.4 Å². The van der Waals surface area contributed by atoms with Crippen molar-refractivity contribution in [1.82, 2.24) is 9.97 Å². The fourth-order valence-corrected chi connectivity index (χ4v) is 3.59. The smallest absolute Gasteiger partial charge is 0.346 e. The molecule has 0 atom stereocenters. The van der Waals surface area contributed by atoms with Crippen LogP contribution in [0.2, 0.25) is 0 Å². The third-order valence-electron chi connectivity index (χ3n) is 4.08. The monoisotopic (exact) mass is 389 g/mol. The molecule has 0 saturated carbocycles. The fraction of sp³-hybridized carbons (Fsp3) is 0.368. The van der Waals surface area contributed by atoms with Crippen LogP contribution in [0.5, 0.6) is 0 Å². The minimum atomic E-state index is -0.608. The van der Waals surface area contributed by atoms with E-state index in [2.05, 4.69) is 15.3 Å². The predicted molar refractivity (Wildman–Crippen MR) is 105 cm³/mol. The third kappa shape index (κ3) is 4.97. The van der Waals surface area contributed by atoms with Crippen LogP contribution in [-0.2, 0) is 22.4 Å². The summed E-state index contributed by atoms with van der Waals surface area (Å²) >= 11 is 1.03. The number of H-pyrrole nitrogens is 1. The molecule has 2 rings (SSSR count). The fourth-order valence-electron chi connectivity index (χ4n) is 2.72. The number of benzene rings is 1. The number of amides is 1. The topological polar surface area (TPSA) is 101 Å². The SMILES string of the molecule is CCc1cccc(CC)c1NC(=O)CSc1nc(=O)[nH]c(C)c1C(=O)OC. The summed E-state index contributed by atoms with van der Waals surface area (Å²) in [6.07, 6.45) is 1.61. The number of carbonyl (C=O) groups excluding carboxylic acids is 2. The minimum absolute atomic E-state index is 0.0150. The van der Waals surface area contributed by atoms with Crippen LogP contribution in [0.4, 0.5) is 5.69 Å². The molecule has 1 aromatic heterocycles. The summed E-state index contributed by atoms with van der Waals surface area (Å²) in [5.41, 5.74) is 2.90. The van der Waals surface area contributed by atoms with Gasteiger partial charge in [-0.25, -0.2) is 9.59 Å². The Morgan fingerprint density at radius 3 is 2.41 bits per heavy atom. The molecule has 0 radical (unpaired) electrons. The Bertz CT molecular complexity index is 886. The molecule has 2 N–H and O–H groups in total. The Morgan fingerprint density at radius 2 is 1.85 bits per heavy atom. The molecule has 1 aromatic carbocycles. The zero-order valence-corrected chi connectivity index (χ0v) is 16.7. The molecule has 144 valence electrons. The lowest BCUT2D eigenvalue weighted by molar-refractivity contribution is -0.113. The molecule has 1 heterocycles. The van der Waals surface area contributed by atoms with Gasteiger partial charge in [0.15, 0.2) is 0 Å². The number of esters is 1. The van der Waals surface area contributed by atoms with Crippen molar-refractivity contribution >= 4 is 29.3 Å². The molecular formula is C19H23N3O4S. The molecular weight excluding hydrogens is 366 g/mol. The number of thioether (sulfide) groups is 1. The van der Waals surface area contributed by atoms with Crippen molar-refractivity contribution in [3.05, 3.63) is 51.1 Å². The Hall–Kier alpha value is -2.61. The van der Waals surface area contributed by atoms with Gasteiger partial charge in [0.1, 0.15) is 10.6 Å². The van der Waals surface area contributed by atoms with E-state index in [4.69, 9.17) is 4.74 Å². The maximum Gasteiger partial charge on any atom is 0.346 e. The maximum absolute atomic E-state index is 12.5. The van der Waals surface area contributed by atoms with Crippen molar-refractivity contribution < 1.29 is 14.3 Å². The van der Waals surface area contributed by atoms with Gasteiger partial charge < -0.3 is 15.0 Å². The summed E-state index contributed by atoms with van der Waals surface area (Å²) in [6.45, 7) is 5.65. The van der Waals surface area contributed by atoms with Crippen molar-refractivity contribution in [1.29, 1.82) is 0 Å². The van der Waals surface area contributed by atoms with E-state index in [9.17, 15) is 14.4 Å². The average Bonchev–Trinajstić information content (AvgIpc) is 2.65. The molecule has 0 unspecified atom stereocenters. The molecule has 8 heteroatoms. The lowest BCUT2D eigenvalue weighted by Gasteiger charge is -2.14. The number of para-hydroxylation sites is 1. The average molecular weight is 389 g/mol. The van der Waals surface area contributed by atoms with Crippen LogP contribution in [0.25, 0.3) is 0 Å². The largest absolute Gasteiger partial charge is 0.465 e. The Morgan fingerprint density at radius 1 is 1.22 bits per heavy atom. The number of anilines is 1. The number of rotatable bonds is 7. The standard InChI is InChI=1S/C19H23N3O4S/c1-5-12-8-7-9-13(6-2)16(12)21-14(23)10-27-17-15(18(24)26-4)11(3)20-19(25)22-17/h7-9H,5-6,10H2,1-4H3,(H,21,23)(H,20,22,25). The summed E-state index contributed by atoms with van der Waals surface area (Å²) in [5, 5.41) is 3.13. The van der Waals surface area contributed by atoms with Crippen molar-refractivity contribution in [2.24, 2.45) is 0 Å². The van der Waals surface area contributed by atoms with Gasteiger partial charge in [-0.15, -0.1) is 0 Å². The quantitative estimate of drug-likeness (QED) is 0.429.